The fourth-order valence-electron chi connectivity index (χ4n) is 3.40. The van der Waals surface area contributed by atoms with Crippen molar-refractivity contribution in [2.45, 2.75) is 12.8 Å². The lowest BCUT2D eigenvalue weighted by molar-refractivity contribution is -0.119. The molecule has 1 N–H and O–H groups in total. The van der Waals surface area contributed by atoms with E-state index in [9.17, 15) is 9.59 Å². The van der Waals surface area contributed by atoms with Crippen LogP contribution < -0.4 is 5.32 Å². The molecule has 0 saturated carbocycles. The highest BCUT2D eigenvalue weighted by molar-refractivity contribution is 5.93. The van der Waals surface area contributed by atoms with Crippen molar-refractivity contribution in [1.82, 2.24) is 19.6 Å². The minimum Gasteiger partial charge on any atom is -0.355 e. The number of nitrogens with zero attached hydrogens (tertiary/aromatic N) is 3. The van der Waals surface area contributed by atoms with Gasteiger partial charge in [-0.2, -0.15) is 0 Å². The second-order valence-electron chi connectivity index (χ2n) is 6.00. The summed E-state index contributed by atoms with van der Waals surface area (Å²) in [7, 11) is 0. The third-order valence-corrected chi connectivity index (χ3v) is 4.56. The number of imidazole rings is 1. The third kappa shape index (κ3) is 1.90. The van der Waals surface area contributed by atoms with Crippen LogP contribution in [-0.4, -0.2) is 45.7 Å². The highest BCUT2D eigenvalue weighted by Crippen LogP contribution is 2.37. The molecule has 2 aliphatic heterocycles. The molecule has 4 heterocycles. The molecule has 108 valence electrons. The summed E-state index contributed by atoms with van der Waals surface area (Å²) >= 11 is 0. The number of amides is 2. The molecule has 2 saturated heterocycles. The summed E-state index contributed by atoms with van der Waals surface area (Å²) in [5, 5.41) is 2.88. The number of rotatable bonds is 1. The van der Waals surface area contributed by atoms with Crippen LogP contribution in [0.1, 0.15) is 23.3 Å². The molecule has 2 amide bonds. The lowest BCUT2D eigenvalue weighted by atomic mass is 9.86. The van der Waals surface area contributed by atoms with Crippen molar-refractivity contribution in [2.75, 3.05) is 19.6 Å². The molecule has 21 heavy (non-hydrogen) atoms. The van der Waals surface area contributed by atoms with Crippen LogP contribution in [0.3, 0.4) is 0 Å². The van der Waals surface area contributed by atoms with Crippen LogP contribution >= 0.6 is 0 Å². The molecular formula is C15H16N4O2. The molecule has 1 spiro atoms. The second-order valence-corrected chi connectivity index (χ2v) is 6.00. The first-order chi connectivity index (χ1) is 10.2. The molecule has 6 nitrogen and oxygen atoms in total. The monoisotopic (exact) mass is 284 g/mol. The summed E-state index contributed by atoms with van der Waals surface area (Å²) in [6.45, 7) is 2.03. The van der Waals surface area contributed by atoms with Crippen LogP contribution in [0.4, 0.5) is 0 Å². The summed E-state index contributed by atoms with van der Waals surface area (Å²) in [5.74, 6) is 0.0871. The molecule has 4 rings (SSSR count). The number of aromatic nitrogens is 2. The largest absolute Gasteiger partial charge is 0.355 e. The van der Waals surface area contributed by atoms with Gasteiger partial charge in [0.05, 0.1) is 6.20 Å². The molecule has 0 aliphatic carbocycles. The van der Waals surface area contributed by atoms with E-state index in [1.807, 2.05) is 33.7 Å². The van der Waals surface area contributed by atoms with Crippen molar-refractivity contribution in [2.24, 2.45) is 5.41 Å². The zero-order chi connectivity index (χ0) is 14.4. The Labute approximate surface area is 121 Å². The van der Waals surface area contributed by atoms with E-state index < -0.39 is 0 Å². The first-order valence-electron chi connectivity index (χ1n) is 7.15. The van der Waals surface area contributed by atoms with E-state index in [4.69, 9.17) is 0 Å². The predicted octanol–water partition coefficient (Wildman–Crippen LogP) is 0.686. The number of hydrogen-bond acceptors (Lipinski definition) is 3. The van der Waals surface area contributed by atoms with E-state index in [2.05, 4.69) is 10.3 Å². The average Bonchev–Trinajstić information content (AvgIpc) is 3.18. The quantitative estimate of drug-likeness (QED) is 0.837. The third-order valence-electron chi connectivity index (χ3n) is 4.56. The first-order valence-corrected chi connectivity index (χ1v) is 7.15. The fraction of sp³-hybridized carbons (Fsp3) is 0.400. The van der Waals surface area contributed by atoms with E-state index in [-0.39, 0.29) is 17.2 Å². The van der Waals surface area contributed by atoms with E-state index in [1.54, 1.807) is 6.20 Å². The molecular weight excluding hydrogens is 268 g/mol. The van der Waals surface area contributed by atoms with Gasteiger partial charge >= 0.3 is 0 Å². The number of carbonyl (C=O) groups excluding carboxylic acids is 2. The van der Waals surface area contributed by atoms with Crippen molar-refractivity contribution in [3.05, 3.63) is 36.3 Å². The number of nitrogens with one attached hydrogen (secondary N) is 1. The van der Waals surface area contributed by atoms with Gasteiger partial charge < -0.3 is 10.2 Å². The summed E-state index contributed by atoms with van der Waals surface area (Å²) in [4.78, 5) is 30.3. The van der Waals surface area contributed by atoms with Crippen molar-refractivity contribution in [1.29, 1.82) is 0 Å². The zero-order valence-electron chi connectivity index (χ0n) is 11.6. The molecule has 6 heteroatoms. The Morgan fingerprint density at radius 3 is 3.10 bits per heavy atom. The van der Waals surface area contributed by atoms with Gasteiger partial charge in [0.1, 0.15) is 11.3 Å². The SMILES string of the molecule is O=C1CC2(CCN(C(=O)c3cnc4ccccn34)C2)CN1. The molecule has 1 unspecified atom stereocenters. The van der Waals surface area contributed by atoms with Crippen molar-refractivity contribution < 1.29 is 9.59 Å². The lowest BCUT2D eigenvalue weighted by Crippen LogP contribution is -2.33. The van der Waals surface area contributed by atoms with Gasteiger partial charge in [-0.3, -0.25) is 14.0 Å². The number of carbonyl (C=O) groups is 2. The van der Waals surface area contributed by atoms with Gasteiger partial charge in [-0.15, -0.1) is 0 Å². The highest BCUT2D eigenvalue weighted by Gasteiger charge is 2.45. The molecule has 0 radical (unpaired) electrons. The van der Waals surface area contributed by atoms with E-state index >= 15 is 0 Å². The number of pyridine rings is 1. The summed E-state index contributed by atoms with van der Waals surface area (Å²) in [5.41, 5.74) is 1.29. The summed E-state index contributed by atoms with van der Waals surface area (Å²) in [6.07, 6.45) is 4.89. The molecule has 0 aromatic carbocycles. The molecule has 2 aliphatic rings. The average molecular weight is 284 g/mol. The smallest absolute Gasteiger partial charge is 0.272 e. The Morgan fingerprint density at radius 2 is 2.29 bits per heavy atom. The lowest BCUT2D eigenvalue weighted by Gasteiger charge is -2.21. The van der Waals surface area contributed by atoms with Crippen molar-refractivity contribution in [3.63, 3.8) is 0 Å². The van der Waals surface area contributed by atoms with Gasteiger partial charge in [-0.25, -0.2) is 4.98 Å². The standard InChI is InChI=1S/C15H16N4O2/c20-13-7-15(9-17-13)4-6-18(10-15)14(21)11-8-16-12-3-1-2-5-19(11)12/h1-3,5,8H,4,6-7,9-10H2,(H,17,20). The van der Waals surface area contributed by atoms with E-state index in [0.717, 1.165) is 12.1 Å². The summed E-state index contributed by atoms with van der Waals surface area (Å²) < 4.78 is 1.81. The van der Waals surface area contributed by atoms with Crippen LogP contribution in [0.15, 0.2) is 30.6 Å². The van der Waals surface area contributed by atoms with Gasteiger partial charge in [0.15, 0.2) is 0 Å². The number of likely N-dealkylation sites (tertiary alicyclic amines) is 1. The summed E-state index contributed by atoms with van der Waals surface area (Å²) in [6, 6.07) is 5.66. The number of fused-ring (bicyclic) bond motifs is 1. The Morgan fingerprint density at radius 1 is 1.38 bits per heavy atom. The molecule has 0 bridgehead atoms. The van der Waals surface area contributed by atoms with Crippen LogP contribution in [0.25, 0.3) is 5.65 Å². The maximum atomic E-state index is 12.7. The normalized spacial score (nSPS) is 25.0. The van der Waals surface area contributed by atoms with Gasteiger partial charge in [0.2, 0.25) is 5.91 Å². The van der Waals surface area contributed by atoms with Crippen LogP contribution in [0.2, 0.25) is 0 Å². The maximum absolute atomic E-state index is 12.7. The zero-order valence-corrected chi connectivity index (χ0v) is 11.6. The van der Waals surface area contributed by atoms with Crippen LogP contribution in [0.5, 0.6) is 0 Å². The molecule has 2 aromatic rings. The van der Waals surface area contributed by atoms with Gasteiger partial charge in [-0.05, 0) is 18.6 Å². The van der Waals surface area contributed by atoms with Gasteiger partial charge in [0, 0.05) is 37.7 Å². The minimum absolute atomic E-state index is 0.00933. The topological polar surface area (TPSA) is 66.7 Å². The maximum Gasteiger partial charge on any atom is 0.272 e. The highest BCUT2D eigenvalue weighted by atomic mass is 16.2. The predicted molar refractivity (Wildman–Crippen MR) is 75.8 cm³/mol. The van der Waals surface area contributed by atoms with Crippen molar-refractivity contribution in [3.8, 4) is 0 Å². The first kappa shape index (κ1) is 12.4. The van der Waals surface area contributed by atoms with Gasteiger partial charge in [0.25, 0.3) is 5.91 Å². The molecule has 1 atom stereocenters. The molecule has 2 fully saturated rings. The van der Waals surface area contributed by atoms with E-state index in [0.29, 0.717) is 31.7 Å². The van der Waals surface area contributed by atoms with Crippen LogP contribution in [-0.2, 0) is 4.79 Å². The van der Waals surface area contributed by atoms with Crippen LogP contribution in [0, 0.1) is 5.41 Å². The minimum atomic E-state index is -0.0623. The Kier molecular flexibility index (Phi) is 2.54. The van der Waals surface area contributed by atoms with Gasteiger partial charge in [-0.1, -0.05) is 6.07 Å². The Bertz CT molecular complexity index is 738. The molecule has 2 aromatic heterocycles. The Hall–Kier alpha value is -2.37. The fourth-order valence-corrected chi connectivity index (χ4v) is 3.40. The van der Waals surface area contributed by atoms with Crippen molar-refractivity contribution >= 4 is 17.5 Å². The Balaban J connectivity index is 1.60. The van der Waals surface area contributed by atoms with E-state index in [1.165, 1.54) is 0 Å². The number of hydrogen-bond donors (Lipinski definition) is 1. The second kappa shape index (κ2) is 4.31.